The number of nitrogens with zero attached hydrogens (tertiary/aromatic N) is 2. The summed E-state index contributed by atoms with van der Waals surface area (Å²) in [6.07, 6.45) is 5.48. The summed E-state index contributed by atoms with van der Waals surface area (Å²) in [5.41, 5.74) is 7.18. The molecule has 5 heteroatoms. The molecule has 1 aliphatic carbocycles. The molecule has 1 saturated carbocycles. The van der Waals surface area contributed by atoms with Crippen LogP contribution in [0.4, 0.5) is 8.78 Å². The van der Waals surface area contributed by atoms with Gasteiger partial charge in [0.25, 0.3) is 0 Å². The fourth-order valence-corrected chi connectivity index (χ4v) is 2.51. The first-order valence-corrected chi connectivity index (χ1v) is 6.07. The summed E-state index contributed by atoms with van der Waals surface area (Å²) >= 11 is 0. The molecule has 1 fully saturated rings. The number of aromatic nitrogens is 2. The Morgan fingerprint density at radius 2 is 2.18 bits per heavy atom. The van der Waals surface area contributed by atoms with Crippen LogP contribution in [0.3, 0.4) is 0 Å². The predicted octanol–water partition coefficient (Wildman–Crippen LogP) is 2.12. The van der Waals surface area contributed by atoms with E-state index in [1.807, 2.05) is 13.2 Å². The van der Waals surface area contributed by atoms with Gasteiger partial charge < -0.3 is 5.73 Å². The van der Waals surface area contributed by atoms with E-state index in [1.165, 1.54) is 0 Å². The molecule has 1 atom stereocenters. The molecular weight excluding hydrogens is 224 g/mol. The first-order valence-electron chi connectivity index (χ1n) is 6.07. The molecule has 0 amide bonds. The summed E-state index contributed by atoms with van der Waals surface area (Å²) in [5.74, 6) is -2.25. The molecule has 96 valence electrons. The van der Waals surface area contributed by atoms with Crippen LogP contribution in [0, 0.1) is 5.92 Å². The molecule has 0 aromatic carbocycles. The monoisotopic (exact) mass is 243 g/mol. The minimum atomic E-state index is -2.47. The second-order valence-corrected chi connectivity index (χ2v) is 5.08. The van der Waals surface area contributed by atoms with Crippen molar-refractivity contribution in [1.29, 1.82) is 0 Å². The number of nitrogens with two attached hydrogens (primary N) is 1. The van der Waals surface area contributed by atoms with Crippen LogP contribution in [0.5, 0.6) is 0 Å². The zero-order valence-electron chi connectivity index (χ0n) is 10.1. The van der Waals surface area contributed by atoms with E-state index in [4.69, 9.17) is 5.73 Å². The van der Waals surface area contributed by atoms with E-state index in [-0.39, 0.29) is 24.8 Å². The largest absolute Gasteiger partial charge is 0.327 e. The highest BCUT2D eigenvalue weighted by Crippen LogP contribution is 2.37. The van der Waals surface area contributed by atoms with Gasteiger partial charge >= 0.3 is 0 Å². The summed E-state index contributed by atoms with van der Waals surface area (Å²) < 4.78 is 27.8. The Labute approximate surface area is 100.0 Å². The molecule has 3 nitrogen and oxygen atoms in total. The van der Waals surface area contributed by atoms with Crippen molar-refractivity contribution < 1.29 is 8.78 Å². The summed E-state index contributed by atoms with van der Waals surface area (Å²) in [6.45, 7) is 0. The Balaban J connectivity index is 1.87. The third-order valence-electron chi connectivity index (χ3n) is 3.60. The Bertz CT molecular complexity index is 366. The lowest BCUT2D eigenvalue weighted by Gasteiger charge is -2.31. The van der Waals surface area contributed by atoms with Gasteiger partial charge in [-0.2, -0.15) is 5.10 Å². The molecule has 0 bridgehead atoms. The number of rotatable bonds is 3. The number of aryl methyl sites for hydroxylation is 1. The minimum absolute atomic E-state index is 0.0155. The van der Waals surface area contributed by atoms with Crippen LogP contribution in [0.25, 0.3) is 0 Å². The zero-order chi connectivity index (χ0) is 12.5. The average molecular weight is 243 g/mol. The molecule has 2 rings (SSSR count). The summed E-state index contributed by atoms with van der Waals surface area (Å²) in [6, 6.07) is -0.0321. The molecule has 0 radical (unpaired) electrons. The Morgan fingerprint density at radius 1 is 1.53 bits per heavy atom. The summed E-state index contributed by atoms with van der Waals surface area (Å²) in [7, 11) is 1.86. The van der Waals surface area contributed by atoms with Crippen LogP contribution in [-0.2, 0) is 13.5 Å². The lowest BCUT2D eigenvalue weighted by molar-refractivity contribution is -0.0481. The van der Waals surface area contributed by atoms with E-state index in [9.17, 15) is 8.78 Å². The van der Waals surface area contributed by atoms with Gasteiger partial charge in [0.05, 0.1) is 6.20 Å². The lowest BCUT2D eigenvalue weighted by atomic mass is 9.81. The molecule has 0 spiro atoms. The van der Waals surface area contributed by atoms with Crippen LogP contribution >= 0.6 is 0 Å². The van der Waals surface area contributed by atoms with Crippen molar-refractivity contribution in [2.75, 3.05) is 0 Å². The maximum atomic E-state index is 13.0. The van der Waals surface area contributed by atoms with Crippen molar-refractivity contribution in [3.8, 4) is 0 Å². The van der Waals surface area contributed by atoms with Gasteiger partial charge in [-0.25, -0.2) is 8.78 Å². The van der Waals surface area contributed by atoms with Gasteiger partial charge in [0, 0.05) is 32.1 Å². The molecule has 1 unspecified atom stereocenters. The van der Waals surface area contributed by atoms with Crippen molar-refractivity contribution in [2.45, 2.75) is 44.1 Å². The maximum absolute atomic E-state index is 13.0. The molecule has 2 N–H and O–H groups in total. The first-order chi connectivity index (χ1) is 7.96. The molecule has 1 aromatic rings. The maximum Gasteiger partial charge on any atom is 0.248 e. The topological polar surface area (TPSA) is 43.8 Å². The molecule has 17 heavy (non-hydrogen) atoms. The van der Waals surface area contributed by atoms with E-state index < -0.39 is 5.92 Å². The van der Waals surface area contributed by atoms with E-state index in [0.717, 1.165) is 12.0 Å². The first kappa shape index (κ1) is 12.5. The van der Waals surface area contributed by atoms with E-state index in [2.05, 4.69) is 5.10 Å². The Hall–Kier alpha value is -0.970. The normalized spacial score (nSPS) is 22.6. The van der Waals surface area contributed by atoms with E-state index >= 15 is 0 Å². The van der Waals surface area contributed by atoms with Crippen LogP contribution in [0.15, 0.2) is 12.4 Å². The van der Waals surface area contributed by atoms with Gasteiger partial charge in [-0.15, -0.1) is 0 Å². The van der Waals surface area contributed by atoms with Crippen LogP contribution in [-0.4, -0.2) is 21.7 Å². The summed E-state index contributed by atoms with van der Waals surface area (Å²) in [4.78, 5) is 0. The molecular formula is C12H19F2N3. The third-order valence-corrected chi connectivity index (χ3v) is 3.60. The number of halogens is 2. The SMILES string of the molecule is Cn1cc(CC(N)C2CCC(F)(F)CC2)cn1. The van der Waals surface area contributed by atoms with Crippen LogP contribution in [0.1, 0.15) is 31.2 Å². The predicted molar refractivity (Wildman–Crippen MR) is 61.8 cm³/mol. The van der Waals surface area contributed by atoms with Crippen LogP contribution < -0.4 is 5.73 Å². The fourth-order valence-electron chi connectivity index (χ4n) is 2.51. The van der Waals surface area contributed by atoms with Crippen molar-refractivity contribution >= 4 is 0 Å². The average Bonchev–Trinajstić information content (AvgIpc) is 2.63. The van der Waals surface area contributed by atoms with Crippen molar-refractivity contribution in [2.24, 2.45) is 18.7 Å². The highest BCUT2D eigenvalue weighted by Gasteiger charge is 2.36. The standard InChI is InChI=1S/C12H19F2N3/c1-17-8-9(7-16-17)6-11(15)10-2-4-12(13,14)5-3-10/h7-8,10-11H,2-6,15H2,1H3. The quantitative estimate of drug-likeness (QED) is 0.883. The van der Waals surface area contributed by atoms with Crippen molar-refractivity contribution in [3.63, 3.8) is 0 Å². The fraction of sp³-hybridized carbons (Fsp3) is 0.750. The van der Waals surface area contributed by atoms with E-state index in [1.54, 1.807) is 10.9 Å². The van der Waals surface area contributed by atoms with E-state index in [0.29, 0.717) is 12.8 Å². The molecule has 1 heterocycles. The molecule has 1 aromatic heterocycles. The zero-order valence-corrected chi connectivity index (χ0v) is 10.1. The Morgan fingerprint density at radius 3 is 2.71 bits per heavy atom. The van der Waals surface area contributed by atoms with Crippen molar-refractivity contribution in [1.82, 2.24) is 9.78 Å². The van der Waals surface area contributed by atoms with Gasteiger partial charge in [-0.05, 0) is 30.7 Å². The highest BCUT2D eigenvalue weighted by atomic mass is 19.3. The second-order valence-electron chi connectivity index (χ2n) is 5.08. The molecule has 0 aliphatic heterocycles. The second kappa shape index (κ2) is 4.72. The van der Waals surface area contributed by atoms with Crippen molar-refractivity contribution in [3.05, 3.63) is 18.0 Å². The highest BCUT2D eigenvalue weighted by molar-refractivity contribution is 5.06. The minimum Gasteiger partial charge on any atom is -0.327 e. The summed E-state index contributed by atoms with van der Waals surface area (Å²) in [5, 5.41) is 4.08. The number of hydrogen-bond donors (Lipinski definition) is 1. The lowest BCUT2D eigenvalue weighted by Crippen LogP contribution is -2.37. The number of hydrogen-bond acceptors (Lipinski definition) is 2. The van der Waals surface area contributed by atoms with Gasteiger partial charge in [0.1, 0.15) is 0 Å². The molecule has 1 aliphatic rings. The third kappa shape index (κ3) is 3.25. The van der Waals surface area contributed by atoms with Gasteiger partial charge in [-0.3, -0.25) is 4.68 Å². The smallest absolute Gasteiger partial charge is 0.248 e. The number of alkyl halides is 2. The van der Waals surface area contributed by atoms with Gasteiger partial charge in [-0.1, -0.05) is 0 Å². The van der Waals surface area contributed by atoms with Crippen LogP contribution in [0.2, 0.25) is 0 Å². The van der Waals surface area contributed by atoms with Gasteiger partial charge in [0.15, 0.2) is 0 Å². The van der Waals surface area contributed by atoms with Gasteiger partial charge in [0.2, 0.25) is 5.92 Å². The Kier molecular flexibility index (Phi) is 3.47. The molecule has 0 saturated heterocycles.